The number of nitrogens with one attached hydrogen (secondary N) is 2. The monoisotopic (exact) mass is 428 g/mol. The van der Waals surface area contributed by atoms with Gasteiger partial charge in [-0.3, -0.25) is 14.5 Å². The molecule has 2 rings (SSSR count). The maximum Gasteiger partial charge on any atom is 0.243 e. The van der Waals surface area contributed by atoms with Crippen LogP contribution in [-0.4, -0.2) is 66.9 Å². The topological polar surface area (TPSA) is 64.7 Å². The summed E-state index contributed by atoms with van der Waals surface area (Å²) in [5.74, 6) is -4.89. The molecule has 0 spiro atoms. The van der Waals surface area contributed by atoms with Gasteiger partial charge in [0, 0.05) is 6.54 Å². The molecular formula is C21H31F3N4O2. The van der Waals surface area contributed by atoms with Crippen molar-refractivity contribution in [2.75, 3.05) is 44.6 Å². The minimum absolute atomic E-state index is 0.307. The van der Waals surface area contributed by atoms with Crippen molar-refractivity contribution >= 4 is 17.5 Å². The molecule has 9 heteroatoms. The fourth-order valence-corrected chi connectivity index (χ4v) is 3.67. The summed E-state index contributed by atoms with van der Waals surface area (Å²) in [6, 6.07) is 1.25. The highest BCUT2D eigenvalue weighted by Crippen LogP contribution is 2.21. The van der Waals surface area contributed by atoms with Gasteiger partial charge in [-0.05, 0) is 64.0 Å². The van der Waals surface area contributed by atoms with Gasteiger partial charge in [0.1, 0.15) is 0 Å². The number of hydrogen-bond acceptors (Lipinski definition) is 4. The van der Waals surface area contributed by atoms with E-state index in [1.807, 2.05) is 0 Å². The van der Waals surface area contributed by atoms with Crippen LogP contribution >= 0.6 is 0 Å². The predicted octanol–water partition coefficient (Wildman–Crippen LogP) is 2.60. The molecule has 168 valence electrons. The van der Waals surface area contributed by atoms with Crippen molar-refractivity contribution in [3.63, 3.8) is 0 Å². The van der Waals surface area contributed by atoms with Gasteiger partial charge >= 0.3 is 0 Å². The Labute approximate surface area is 175 Å². The molecule has 1 aromatic rings. The zero-order valence-electron chi connectivity index (χ0n) is 17.8. The Kier molecular flexibility index (Phi) is 9.10. The summed E-state index contributed by atoms with van der Waals surface area (Å²) < 4.78 is 39.8. The Morgan fingerprint density at radius 3 is 2.37 bits per heavy atom. The van der Waals surface area contributed by atoms with Crippen molar-refractivity contribution in [3.8, 4) is 0 Å². The second-order valence-electron chi connectivity index (χ2n) is 7.63. The molecular weight excluding hydrogens is 397 g/mol. The van der Waals surface area contributed by atoms with Crippen molar-refractivity contribution in [3.05, 3.63) is 29.6 Å². The average Bonchev–Trinajstić information content (AvgIpc) is 2.76. The number of likely N-dealkylation sites (tertiary alicyclic amines) is 1. The lowest BCUT2D eigenvalue weighted by molar-refractivity contribution is -0.128. The number of benzene rings is 1. The van der Waals surface area contributed by atoms with Crippen LogP contribution in [0.1, 0.15) is 33.6 Å². The number of carbonyl (C=O) groups is 2. The molecule has 2 N–H and O–H groups in total. The third-order valence-corrected chi connectivity index (χ3v) is 5.72. The summed E-state index contributed by atoms with van der Waals surface area (Å²) >= 11 is 0. The molecule has 1 unspecified atom stereocenters. The molecule has 1 aliphatic heterocycles. The van der Waals surface area contributed by atoms with Gasteiger partial charge in [0.05, 0.1) is 18.3 Å². The maximum absolute atomic E-state index is 13.6. The Bertz CT molecular complexity index is 735. The van der Waals surface area contributed by atoms with E-state index in [2.05, 4.69) is 34.3 Å². The molecule has 1 saturated heterocycles. The highest BCUT2D eigenvalue weighted by atomic mass is 19.2. The van der Waals surface area contributed by atoms with Crippen LogP contribution < -0.4 is 10.6 Å². The third-order valence-electron chi connectivity index (χ3n) is 5.72. The zero-order valence-corrected chi connectivity index (χ0v) is 17.8. The first-order chi connectivity index (χ1) is 14.3. The summed E-state index contributed by atoms with van der Waals surface area (Å²) in [7, 11) is 0. The molecule has 0 bridgehead atoms. The molecule has 1 aliphatic rings. The summed E-state index contributed by atoms with van der Waals surface area (Å²) in [6.45, 7) is 10.5. The second-order valence-corrected chi connectivity index (χ2v) is 7.63. The van der Waals surface area contributed by atoms with Crippen molar-refractivity contribution in [1.82, 2.24) is 15.1 Å². The fourth-order valence-electron chi connectivity index (χ4n) is 3.67. The molecule has 0 aromatic heterocycles. The fraction of sp³-hybridized carbons (Fsp3) is 0.619. The van der Waals surface area contributed by atoms with Crippen LogP contribution in [0.2, 0.25) is 0 Å². The van der Waals surface area contributed by atoms with E-state index in [-0.39, 0.29) is 12.5 Å². The van der Waals surface area contributed by atoms with Crippen molar-refractivity contribution in [2.24, 2.45) is 5.92 Å². The first-order valence-electron chi connectivity index (χ1n) is 10.4. The van der Waals surface area contributed by atoms with Gasteiger partial charge in [-0.1, -0.05) is 13.8 Å². The van der Waals surface area contributed by atoms with Crippen molar-refractivity contribution in [1.29, 1.82) is 0 Å². The molecule has 30 heavy (non-hydrogen) atoms. The Balaban J connectivity index is 1.77. The summed E-state index contributed by atoms with van der Waals surface area (Å²) in [5.41, 5.74) is -0.475. The highest BCUT2D eigenvalue weighted by molar-refractivity contribution is 5.95. The highest BCUT2D eigenvalue weighted by Gasteiger charge is 2.27. The molecule has 1 aromatic carbocycles. The van der Waals surface area contributed by atoms with E-state index in [1.54, 1.807) is 6.92 Å². The van der Waals surface area contributed by atoms with E-state index < -0.39 is 35.1 Å². The Hall–Kier alpha value is -2.13. The van der Waals surface area contributed by atoms with Crippen LogP contribution in [0.5, 0.6) is 0 Å². The lowest BCUT2D eigenvalue weighted by Gasteiger charge is -2.37. The van der Waals surface area contributed by atoms with Gasteiger partial charge in [0.2, 0.25) is 11.8 Å². The number of piperidine rings is 1. The summed E-state index contributed by atoms with van der Waals surface area (Å²) in [5, 5.41) is 4.65. The molecule has 1 fully saturated rings. The second kappa shape index (κ2) is 11.3. The van der Waals surface area contributed by atoms with E-state index in [1.165, 1.54) is 0 Å². The van der Waals surface area contributed by atoms with Crippen LogP contribution in [0, 0.1) is 23.4 Å². The predicted molar refractivity (Wildman–Crippen MR) is 110 cm³/mol. The lowest BCUT2D eigenvalue weighted by Crippen LogP contribution is -2.50. The number of anilines is 1. The molecule has 0 aliphatic carbocycles. The minimum Gasteiger partial charge on any atom is -0.346 e. The first-order valence-corrected chi connectivity index (χ1v) is 10.4. The standard InChI is InChI=1S/C21H31F3N4O2/c1-4-27(5-2)13-15-8-10-28(11-9-15)14(3)21(30)25-12-18(29)26-17-7-6-16(22)19(23)20(17)24/h6-7,14-15H,4-5,8-13H2,1-3H3,(H,25,30)(H,26,29). The van der Waals surface area contributed by atoms with E-state index in [4.69, 9.17) is 0 Å². The maximum atomic E-state index is 13.6. The molecule has 0 radical (unpaired) electrons. The van der Waals surface area contributed by atoms with E-state index >= 15 is 0 Å². The van der Waals surface area contributed by atoms with E-state index in [9.17, 15) is 22.8 Å². The van der Waals surface area contributed by atoms with Crippen LogP contribution in [-0.2, 0) is 9.59 Å². The number of rotatable bonds is 9. The zero-order chi connectivity index (χ0) is 22.3. The van der Waals surface area contributed by atoms with Gasteiger partial charge in [-0.2, -0.15) is 0 Å². The molecule has 2 amide bonds. The number of carbonyl (C=O) groups excluding carboxylic acids is 2. The van der Waals surface area contributed by atoms with Crippen LogP contribution in [0.3, 0.4) is 0 Å². The van der Waals surface area contributed by atoms with Crippen LogP contribution in [0.15, 0.2) is 12.1 Å². The van der Waals surface area contributed by atoms with Crippen molar-refractivity contribution in [2.45, 2.75) is 39.7 Å². The lowest BCUT2D eigenvalue weighted by atomic mass is 9.95. The largest absolute Gasteiger partial charge is 0.346 e. The van der Waals surface area contributed by atoms with Gasteiger partial charge in [0.15, 0.2) is 17.5 Å². The number of amides is 2. The smallest absolute Gasteiger partial charge is 0.243 e. The number of halogens is 3. The quantitative estimate of drug-likeness (QED) is 0.594. The van der Waals surface area contributed by atoms with E-state index in [0.29, 0.717) is 5.92 Å². The Morgan fingerprint density at radius 2 is 1.77 bits per heavy atom. The van der Waals surface area contributed by atoms with Crippen LogP contribution in [0.25, 0.3) is 0 Å². The number of nitrogens with zero attached hydrogens (tertiary/aromatic N) is 2. The van der Waals surface area contributed by atoms with Crippen molar-refractivity contribution < 1.29 is 22.8 Å². The molecule has 6 nitrogen and oxygen atoms in total. The SMILES string of the molecule is CCN(CC)CC1CCN(C(C)C(=O)NCC(=O)Nc2ccc(F)c(F)c2F)CC1. The average molecular weight is 428 g/mol. The molecule has 1 atom stereocenters. The van der Waals surface area contributed by atoms with Gasteiger partial charge in [0.25, 0.3) is 0 Å². The summed E-state index contributed by atoms with van der Waals surface area (Å²) in [4.78, 5) is 28.8. The summed E-state index contributed by atoms with van der Waals surface area (Å²) in [6.07, 6.45) is 2.04. The van der Waals surface area contributed by atoms with Gasteiger partial charge < -0.3 is 15.5 Å². The molecule has 1 heterocycles. The van der Waals surface area contributed by atoms with Gasteiger partial charge in [-0.25, -0.2) is 13.2 Å². The normalized spacial score (nSPS) is 16.5. The minimum atomic E-state index is -1.66. The first kappa shape index (κ1) is 24.1. The third kappa shape index (κ3) is 6.43. The molecule has 0 saturated carbocycles. The van der Waals surface area contributed by atoms with Gasteiger partial charge in [-0.15, -0.1) is 0 Å². The van der Waals surface area contributed by atoms with Crippen LogP contribution in [0.4, 0.5) is 18.9 Å². The number of hydrogen-bond donors (Lipinski definition) is 2. The van der Waals surface area contributed by atoms with E-state index in [0.717, 1.165) is 57.7 Å². The Morgan fingerprint density at radius 1 is 1.13 bits per heavy atom.